The lowest BCUT2D eigenvalue weighted by molar-refractivity contribution is 0.300. The molecule has 1 fully saturated rings. The molecule has 0 saturated carbocycles. The Morgan fingerprint density at radius 2 is 2.00 bits per heavy atom. The van der Waals surface area contributed by atoms with Crippen LogP contribution in [0.5, 0.6) is 0 Å². The Kier molecular flexibility index (Phi) is 4.10. The fraction of sp³-hybridized carbons (Fsp3) is 0.571. The number of anilines is 1. The van der Waals surface area contributed by atoms with Crippen LogP contribution in [0.1, 0.15) is 20.3 Å². The fourth-order valence-corrected chi connectivity index (χ4v) is 2.61. The molecule has 0 amide bonds. The number of nitrogens with zero attached hydrogens (tertiary/aromatic N) is 1. The van der Waals surface area contributed by atoms with Crippen molar-refractivity contribution in [2.45, 2.75) is 20.3 Å². The van der Waals surface area contributed by atoms with E-state index in [1.54, 1.807) is 0 Å². The highest BCUT2D eigenvalue weighted by molar-refractivity contribution is 9.10. The number of likely N-dealkylation sites (tertiary alicyclic amines) is 1. The first kappa shape index (κ1) is 12.9. The minimum atomic E-state index is 0.512. The number of hydrogen-bond acceptors (Lipinski definition) is 2. The topological polar surface area (TPSA) is 15.3 Å². The van der Waals surface area contributed by atoms with Crippen molar-refractivity contribution in [1.82, 2.24) is 4.90 Å². The standard InChI is InChI=1S/C14H21BrN2/c1-14(2)7-9-17(11-14)10-8-16-13-5-3-12(15)4-6-13/h3-6,16H,7-11H2,1-2H3. The normalized spacial score (nSPS) is 19.5. The van der Waals surface area contributed by atoms with Crippen molar-refractivity contribution < 1.29 is 0 Å². The Labute approximate surface area is 113 Å². The zero-order chi connectivity index (χ0) is 12.3. The molecule has 0 unspecified atom stereocenters. The second-order valence-corrected chi connectivity index (χ2v) is 6.54. The second-order valence-electron chi connectivity index (χ2n) is 5.62. The molecule has 1 heterocycles. The molecule has 1 N–H and O–H groups in total. The van der Waals surface area contributed by atoms with Crippen LogP contribution in [0.2, 0.25) is 0 Å². The van der Waals surface area contributed by atoms with Crippen molar-refractivity contribution >= 4 is 21.6 Å². The third-order valence-corrected chi connectivity index (χ3v) is 3.89. The van der Waals surface area contributed by atoms with E-state index < -0.39 is 0 Å². The van der Waals surface area contributed by atoms with Crippen LogP contribution in [0.3, 0.4) is 0 Å². The highest BCUT2D eigenvalue weighted by atomic mass is 79.9. The number of halogens is 1. The Morgan fingerprint density at radius 1 is 1.29 bits per heavy atom. The molecule has 0 aliphatic carbocycles. The number of rotatable bonds is 4. The van der Waals surface area contributed by atoms with E-state index in [2.05, 4.69) is 64.3 Å². The quantitative estimate of drug-likeness (QED) is 0.913. The highest BCUT2D eigenvalue weighted by Crippen LogP contribution is 2.28. The van der Waals surface area contributed by atoms with Crippen molar-refractivity contribution in [3.8, 4) is 0 Å². The van der Waals surface area contributed by atoms with E-state index in [9.17, 15) is 0 Å². The van der Waals surface area contributed by atoms with Gasteiger partial charge in [0.15, 0.2) is 0 Å². The van der Waals surface area contributed by atoms with E-state index in [0.29, 0.717) is 5.41 Å². The summed E-state index contributed by atoms with van der Waals surface area (Å²) in [5.74, 6) is 0. The summed E-state index contributed by atoms with van der Waals surface area (Å²) in [6, 6.07) is 8.36. The van der Waals surface area contributed by atoms with Crippen LogP contribution < -0.4 is 5.32 Å². The van der Waals surface area contributed by atoms with Gasteiger partial charge in [0.25, 0.3) is 0 Å². The Hall–Kier alpha value is -0.540. The lowest BCUT2D eigenvalue weighted by Gasteiger charge is -2.19. The number of hydrogen-bond donors (Lipinski definition) is 1. The zero-order valence-corrected chi connectivity index (χ0v) is 12.3. The van der Waals surface area contributed by atoms with E-state index in [1.165, 1.54) is 25.2 Å². The van der Waals surface area contributed by atoms with Gasteiger partial charge in [-0.3, -0.25) is 0 Å². The average molecular weight is 297 g/mol. The summed E-state index contributed by atoms with van der Waals surface area (Å²) in [5, 5.41) is 3.46. The van der Waals surface area contributed by atoms with E-state index in [4.69, 9.17) is 0 Å². The van der Waals surface area contributed by atoms with Crippen molar-refractivity contribution in [3.05, 3.63) is 28.7 Å². The molecule has 0 radical (unpaired) electrons. The Balaban J connectivity index is 1.71. The van der Waals surface area contributed by atoms with Crippen LogP contribution in [-0.2, 0) is 0 Å². The van der Waals surface area contributed by atoms with Gasteiger partial charge in [0.2, 0.25) is 0 Å². The van der Waals surface area contributed by atoms with Gasteiger partial charge < -0.3 is 10.2 Å². The molecular weight excluding hydrogens is 276 g/mol. The summed E-state index contributed by atoms with van der Waals surface area (Å²) in [4.78, 5) is 2.55. The summed E-state index contributed by atoms with van der Waals surface area (Å²) < 4.78 is 1.13. The van der Waals surface area contributed by atoms with Crippen LogP contribution in [0, 0.1) is 5.41 Å². The van der Waals surface area contributed by atoms with Crippen molar-refractivity contribution in [2.24, 2.45) is 5.41 Å². The molecule has 2 nitrogen and oxygen atoms in total. The van der Waals surface area contributed by atoms with Crippen molar-refractivity contribution in [3.63, 3.8) is 0 Å². The monoisotopic (exact) mass is 296 g/mol. The van der Waals surface area contributed by atoms with Gasteiger partial charge in [0, 0.05) is 29.8 Å². The predicted molar refractivity (Wildman–Crippen MR) is 77.5 cm³/mol. The second kappa shape index (κ2) is 5.40. The number of benzene rings is 1. The smallest absolute Gasteiger partial charge is 0.0341 e. The summed E-state index contributed by atoms with van der Waals surface area (Å²) in [7, 11) is 0. The first-order chi connectivity index (χ1) is 8.05. The molecule has 1 aliphatic rings. The van der Waals surface area contributed by atoms with Gasteiger partial charge >= 0.3 is 0 Å². The first-order valence-corrected chi connectivity index (χ1v) is 7.06. The van der Waals surface area contributed by atoms with Crippen LogP contribution >= 0.6 is 15.9 Å². The van der Waals surface area contributed by atoms with Crippen LogP contribution in [-0.4, -0.2) is 31.1 Å². The maximum Gasteiger partial charge on any atom is 0.0341 e. The summed E-state index contributed by atoms with van der Waals surface area (Å²) >= 11 is 3.44. The molecule has 1 aliphatic heterocycles. The van der Waals surface area contributed by atoms with Gasteiger partial charge in [0.1, 0.15) is 0 Å². The lowest BCUT2D eigenvalue weighted by atomic mass is 9.93. The molecule has 0 atom stereocenters. The highest BCUT2D eigenvalue weighted by Gasteiger charge is 2.28. The van der Waals surface area contributed by atoms with E-state index in [-0.39, 0.29) is 0 Å². The fourth-order valence-electron chi connectivity index (χ4n) is 2.34. The largest absolute Gasteiger partial charge is 0.384 e. The van der Waals surface area contributed by atoms with E-state index in [1.807, 2.05) is 0 Å². The summed E-state index contributed by atoms with van der Waals surface area (Å²) in [5.41, 5.74) is 1.71. The molecule has 94 valence electrons. The van der Waals surface area contributed by atoms with Gasteiger partial charge in [0.05, 0.1) is 0 Å². The Bertz CT molecular complexity index is 359. The minimum Gasteiger partial charge on any atom is -0.384 e. The number of nitrogens with one attached hydrogen (secondary N) is 1. The molecule has 17 heavy (non-hydrogen) atoms. The molecule has 2 rings (SSSR count). The van der Waals surface area contributed by atoms with Crippen LogP contribution in [0.25, 0.3) is 0 Å². The predicted octanol–water partition coefficient (Wildman–Crippen LogP) is 3.59. The van der Waals surface area contributed by atoms with Gasteiger partial charge in [-0.25, -0.2) is 0 Å². The maximum atomic E-state index is 3.46. The van der Waals surface area contributed by atoms with E-state index in [0.717, 1.165) is 17.6 Å². The van der Waals surface area contributed by atoms with Gasteiger partial charge in [-0.05, 0) is 42.6 Å². The zero-order valence-electron chi connectivity index (χ0n) is 10.7. The Morgan fingerprint density at radius 3 is 2.59 bits per heavy atom. The lowest BCUT2D eigenvalue weighted by Crippen LogP contribution is -2.28. The average Bonchev–Trinajstić information content (AvgIpc) is 2.61. The third kappa shape index (κ3) is 4.00. The molecule has 0 aromatic heterocycles. The molecule has 1 saturated heterocycles. The molecular formula is C14H21BrN2. The van der Waals surface area contributed by atoms with Gasteiger partial charge in [-0.2, -0.15) is 0 Å². The first-order valence-electron chi connectivity index (χ1n) is 6.27. The third-order valence-electron chi connectivity index (χ3n) is 3.36. The SMILES string of the molecule is CC1(C)CCN(CCNc2ccc(Br)cc2)C1. The van der Waals surface area contributed by atoms with Gasteiger partial charge in [-0.1, -0.05) is 29.8 Å². The van der Waals surface area contributed by atoms with Crippen molar-refractivity contribution in [1.29, 1.82) is 0 Å². The molecule has 0 bridgehead atoms. The van der Waals surface area contributed by atoms with E-state index >= 15 is 0 Å². The molecule has 0 spiro atoms. The molecule has 1 aromatic carbocycles. The van der Waals surface area contributed by atoms with Crippen molar-refractivity contribution in [2.75, 3.05) is 31.5 Å². The minimum absolute atomic E-state index is 0.512. The summed E-state index contributed by atoms with van der Waals surface area (Å²) in [6.45, 7) is 9.35. The van der Waals surface area contributed by atoms with Gasteiger partial charge in [-0.15, -0.1) is 0 Å². The van der Waals surface area contributed by atoms with Crippen LogP contribution in [0.4, 0.5) is 5.69 Å². The van der Waals surface area contributed by atoms with Crippen LogP contribution in [0.15, 0.2) is 28.7 Å². The summed E-state index contributed by atoms with van der Waals surface area (Å²) in [6.07, 6.45) is 1.32. The molecule has 3 heteroatoms. The molecule has 1 aromatic rings. The maximum absolute atomic E-state index is 3.46.